The topological polar surface area (TPSA) is 48.5 Å². The molecule has 8 aromatic carbocycles. The molecular formula is C51H33N5. The van der Waals surface area contributed by atoms with Gasteiger partial charge >= 0.3 is 0 Å². The first kappa shape index (κ1) is 31.9. The Morgan fingerprint density at radius 3 is 1.41 bits per heavy atom. The molecular weight excluding hydrogens is 683 g/mol. The molecule has 5 heteroatoms. The Morgan fingerprint density at radius 1 is 0.286 bits per heavy atom. The third-order valence-corrected chi connectivity index (χ3v) is 10.8. The van der Waals surface area contributed by atoms with Gasteiger partial charge in [-0.3, -0.25) is 0 Å². The molecule has 3 heterocycles. The summed E-state index contributed by atoms with van der Waals surface area (Å²) in [5.41, 5.74) is 11.9. The van der Waals surface area contributed by atoms with Crippen LogP contribution in [0.15, 0.2) is 200 Å². The summed E-state index contributed by atoms with van der Waals surface area (Å²) in [7, 11) is 0. The van der Waals surface area contributed by atoms with Gasteiger partial charge in [-0.05, 0) is 59.7 Å². The van der Waals surface area contributed by atoms with Gasteiger partial charge in [0.05, 0.1) is 22.1 Å². The maximum absolute atomic E-state index is 5.21. The van der Waals surface area contributed by atoms with Crippen LogP contribution in [0.25, 0.3) is 100 Å². The second-order valence-corrected chi connectivity index (χ2v) is 14.1. The fourth-order valence-electron chi connectivity index (χ4n) is 8.24. The van der Waals surface area contributed by atoms with E-state index in [1.807, 2.05) is 18.2 Å². The van der Waals surface area contributed by atoms with Gasteiger partial charge < -0.3 is 9.13 Å². The van der Waals surface area contributed by atoms with Crippen molar-refractivity contribution in [3.8, 4) is 56.7 Å². The molecule has 5 nitrogen and oxygen atoms in total. The van der Waals surface area contributed by atoms with Crippen molar-refractivity contribution in [3.05, 3.63) is 200 Å². The molecule has 0 aliphatic carbocycles. The summed E-state index contributed by atoms with van der Waals surface area (Å²) in [6.45, 7) is 0. The molecule has 262 valence electrons. The van der Waals surface area contributed by atoms with Gasteiger partial charge in [0.2, 0.25) is 0 Å². The van der Waals surface area contributed by atoms with Crippen LogP contribution in [0.2, 0.25) is 0 Å². The fraction of sp³-hybridized carbons (Fsp3) is 0. The number of benzene rings is 8. The van der Waals surface area contributed by atoms with Crippen molar-refractivity contribution < 1.29 is 0 Å². The van der Waals surface area contributed by atoms with Gasteiger partial charge in [-0.2, -0.15) is 0 Å². The Bertz CT molecular complexity index is 3180. The van der Waals surface area contributed by atoms with Gasteiger partial charge in [-0.1, -0.05) is 152 Å². The van der Waals surface area contributed by atoms with Gasteiger partial charge in [0.1, 0.15) is 0 Å². The number of aromatic nitrogens is 5. The average Bonchev–Trinajstić information content (AvgIpc) is 3.80. The minimum atomic E-state index is 0.628. The maximum Gasteiger partial charge on any atom is 0.164 e. The summed E-state index contributed by atoms with van der Waals surface area (Å²) in [4.78, 5) is 15.4. The van der Waals surface area contributed by atoms with Crippen molar-refractivity contribution in [2.75, 3.05) is 0 Å². The van der Waals surface area contributed by atoms with E-state index >= 15 is 0 Å². The monoisotopic (exact) mass is 715 g/mol. The van der Waals surface area contributed by atoms with Crippen molar-refractivity contribution in [1.82, 2.24) is 24.1 Å². The van der Waals surface area contributed by atoms with E-state index in [0.717, 1.165) is 61.0 Å². The van der Waals surface area contributed by atoms with Crippen LogP contribution in [-0.4, -0.2) is 24.1 Å². The minimum absolute atomic E-state index is 0.628. The lowest BCUT2D eigenvalue weighted by Gasteiger charge is -2.12. The predicted octanol–water partition coefficient (Wildman–Crippen LogP) is 12.7. The van der Waals surface area contributed by atoms with Crippen LogP contribution >= 0.6 is 0 Å². The molecule has 0 saturated carbocycles. The van der Waals surface area contributed by atoms with Crippen molar-refractivity contribution >= 4 is 43.6 Å². The van der Waals surface area contributed by atoms with Crippen LogP contribution in [0.4, 0.5) is 0 Å². The highest BCUT2D eigenvalue weighted by molar-refractivity contribution is 6.15. The van der Waals surface area contributed by atoms with Gasteiger partial charge in [0.25, 0.3) is 0 Å². The first-order chi connectivity index (χ1) is 27.8. The van der Waals surface area contributed by atoms with Gasteiger partial charge in [-0.15, -0.1) is 0 Å². The molecule has 11 aromatic rings. The Labute approximate surface area is 323 Å². The number of hydrogen-bond donors (Lipinski definition) is 0. The smallest absolute Gasteiger partial charge is 0.164 e. The van der Waals surface area contributed by atoms with Crippen molar-refractivity contribution in [1.29, 1.82) is 0 Å². The Balaban J connectivity index is 1.04. The zero-order valence-electron chi connectivity index (χ0n) is 30.3. The molecule has 0 spiro atoms. The molecule has 0 bridgehead atoms. The molecule has 0 saturated heterocycles. The van der Waals surface area contributed by atoms with E-state index in [9.17, 15) is 0 Å². The van der Waals surface area contributed by atoms with Crippen LogP contribution in [-0.2, 0) is 0 Å². The van der Waals surface area contributed by atoms with Crippen molar-refractivity contribution in [2.24, 2.45) is 0 Å². The average molecular weight is 716 g/mol. The summed E-state index contributed by atoms with van der Waals surface area (Å²) in [5.74, 6) is 1.90. The quantitative estimate of drug-likeness (QED) is 0.172. The molecule has 0 amide bonds. The number of hydrogen-bond acceptors (Lipinski definition) is 3. The number of nitrogens with zero attached hydrogens (tertiary/aromatic N) is 5. The van der Waals surface area contributed by atoms with Gasteiger partial charge in [0, 0.05) is 49.6 Å². The van der Waals surface area contributed by atoms with Crippen molar-refractivity contribution in [2.45, 2.75) is 0 Å². The lowest BCUT2D eigenvalue weighted by atomic mass is 10.0. The van der Waals surface area contributed by atoms with E-state index in [4.69, 9.17) is 15.0 Å². The number of rotatable bonds is 6. The van der Waals surface area contributed by atoms with E-state index in [1.165, 1.54) is 21.8 Å². The molecule has 0 fully saturated rings. The first-order valence-electron chi connectivity index (χ1n) is 18.9. The van der Waals surface area contributed by atoms with Crippen LogP contribution in [0.1, 0.15) is 0 Å². The molecule has 0 radical (unpaired) electrons. The zero-order chi connectivity index (χ0) is 37.0. The molecule has 0 atom stereocenters. The highest BCUT2D eigenvalue weighted by Crippen LogP contribution is 2.39. The van der Waals surface area contributed by atoms with Crippen LogP contribution in [0.5, 0.6) is 0 Å². The molecule has 0 unspecified atom stereocenters. The molecule has 0 aliphatic rings. The Kier molecular flexibility index (Phi) is 7.42. The van der Waals surface area contributed by atoms with E-state index in [2.05, 4.69) is 191 Å². The standard InChI is InChI=1S/C51H33N5/c1-3-15-35(16-4-1)49-52-50(54-51(53-49)43-24-14-28-47-48(43)42-23-9-12-27-46(42)55(47)38-18-5-2-6-19-38)36-31-29-34(30-32-36)37-17-13-20-39(33-37)56-44-25-10-7-21-40(44)41-22-8-11-26-45(41)56/h1-33H. The van der Waals surface area contributed by atoms with Crippen LogP contribution in [0.3, 0.4) is 0 Å². The number of para-hydroxylation sites is 4. The van der Waals surface area contributed by atoms with Crippen molar-refractivity contribution in [3.63, 3.8) is 0 Å². The molecule has 3 aromatic heterocycles. The van der Waals surface area contributed by atoms with E-state index < -0.39 is 0 Å². The normalized spacial score (nSPS) is 11.6. The molecule has 11 rings (SSSR count). The maximum atomic E-state index is 5.21. The molecule has 56 heavy (non-hydrogen) atoms. The summed E-state index contributed by atoms with van der Waals surface area (Å²) >= 11 is 0. The summed E-state index contributed by atoms with van der Waals surface area (Å²) < 4.78 is 4.68. The summed E-state index contributed by atoms with van der Waals surface area (Å²) in [5, 5.41) is 4.77. The lowest BCUT2D eigenvalue weighted by Crippen LogP contribution is -2.00. The Hall–Kier alpha value is -7.63. The van der Waals surface area contributed by atoms with E-state index in [-0.39, 0.29) is 0 Å². The van der Waals surface area contributed by atoms with E-state index in [0.29, 0.717) is 17.5 Å². The summed E-state index contributed by atoms with van der Waals surface area (Å²) in [6.07, 6.45) is 0. The van der Waals surface area contributed by atoms with Crippen LogP contribution < -0.4 is 0 Å². The fourth-order valence-corrected chi connectivity index (χ4v) is 8.24. The SMILES string of the molecule is c1ccc(-c2nc(-c3ccc(-c4cccc(-n5c6ccccc6c6ccccc65)c4)cc3)nc(-c3cccc4c3c3ccccc3n4-c3ccccc3)n2)cc1. The zero-order valence-corrected chi connectivity index (χ0v) is 30.3. The predicted molar refractivity (Wildman–Crippen MR) is 230 cm³/mol. The largest absolute Gasteiger partial charge is 0.309 e. The highest BCUT2D eigenvalue weighted by atomic mass is 15.0. The third kappa shape index (κ3) is 5.21. The molecule has 0 N–H and O–H groups in total. The highest BCUT2D eigenvalue weighted by Gasteiger charge is 2.20. The minimum Gasteiger partial charge on any atom is -0.309 e. The molecule has 0 aliphatic heterocycles. The Morgan fingerprint density at radius 2 is 0.732 bits per heavy atom. The van der Waals surface area contributed by atoms with Crippen LogP contribution in [0, 0.1) is 0 Å². The van der Waals surface area contributed by atoms with Gasteiger partial charge in [-0.25, -0.2) is 15.0 Å². The first-order valence-corrected chi connectivity index (χ1v) is 18.9. The van der Waals surface area contributed by atoms with E-state index in [1.54, 1.807) is 0 Å². The number of fused-ring (bicyclic) bond motifs is 6. The third-order valence-electron chi connectivity index (χ3n) is 10.8. The second kappa shape index (κ2) is 13.0. The van der Waals surface area contributed by atoms with Gasteiger partial charge in [0.15, 0.2) is 17.5 Å². The second-order valence-electron chi connectivity index (χ2n) is 14.1. The lowest BCUT2D eigenvalue weighted by molar-refractivity contribution is 1.08. The summed E-state index contributed by atoms with van der Waals surface area (Å²) in [6, 6.07) is 70.3.